The number of hydrogen-bond acceptors (Lipinski definition) is 5. The Hall–Kier alpha value is -2.75. The highest BCUT2D eigenvalue weighted by molar-refractivity contribution is 9.10. The lowest BCUT2D eigenvalue weighted by Gasteiger charge is -2.09. The fraction of sp³-hybridized carbons (Fsp3) is 0.100. The van der Waals surface area contributed by atoms with Crippen LogP contribution in [0.4, 0.5) is 5.69 Å². The van der Waals surface area contributed by atoms with Crippen LogP contribution in [-0.4, -0.2) is 25.9 Å². The number of hydrogen-bond donors (Lipinski definition) is 2. The van der Waals surface area contributed by atoms with Crippen LogP contribution in [-0.2, 0) is 14.8 Å². The molecule has 0 bridgehead atoms. The summed E-state index contributed by atoms with van der Waals surface area (Å²) in [6.45, 7) is -0.0200. The van der Waals surface area contributed by atoms with Crippen LogP contribution >= 0.6 is 15.9 Å². The third-order valence-electron chi connectivity index (χ3n) is 3.78. The number of aromatic nitrogens is 1. The molecule has 0 fully saturated rings. The van der Waals surface area contributed by atoms with Crippen molar-refractivity contribution >= 4 is 37.5 Å². The van der Waals surface area contributed by atoms with Gasteiger partial charge >= 0.3 is 0 Å². The van der Waals surface area contributed by atoms with Crippen molar-refractivity contribution in [2.24, 2.45) is 0 Å². The maximum absolute atomic E-state index is 12.1. The quantitative estimate of drug-likeness (QED) is 0.513. The molecule has 0 unspecified atom stereocenters. The number of benzene rings is 2. The molecule has 0 aliphatic heterocycles. The van der Waals surface area contributed by atoms with Gasteiger partial charge < -0.3 is 10.1 Å². The fourth-order valence-corrected chi connectivity index (χ4v) is 3.62. The van der Waals surface area contributed by atoms with E-state index < -0.39 is 10.0 Å². The van der Waals surface area contributed by atoms with Crippen LogP contribution in [0.2, 0.25) is 0 Å². The van der Waals surface area contributed by atoms with Gasteiger partial charge in [-0.05, 0) is 60.7 Å². The van der Waals surface area contributed by atoms with Crippen molar-refractivity contribution in [1.82, 2.24) is 9.71 Å². The number of ether oxygens (including phenoxy) is 1. The summed E-state index contributed by atoms with van der Waals surface area (Å²) in [5.41, 5.74) is 0.591. The molecule has 0 aliphatic rings. The number of nitrogens with one attached hydrogen (secondary N) is 2. The summed E-state index contributed by atoms with van der Waals surface area (Å²) in [6.07, 6.45) is 2.73. The maximum atomic E-state index is 12.1. The van der Waals surface area contributed by atoms with Gasteiger partial charge in [0.05, 0.1) is 0 Å². The Morgan fingerprint density at radius 1 is 1.00 bits per heavy atom. The Balaban J connectivity index is 1.47. The van der Waals surface area contributed by atoms with Crippen molar-refractivity contribution in [3.63, 3.8) is 0 Å². The highest BCUT2D eigenvalue weighted by Crippen LogP contribution is 2.24. The molecule has 1 amide bonds. The van der Waals surface area contributed by atoms with E-state index in [2.05, 4.69) is 31.0 Å². The number of carbonyl (C=O) groups is 1. The second kappa shape index (κ2) is 9.64. The molecule has 150 valence electrons. The number of nitrogens with zero attached hydrogens (tertiary/aromatic N) is 1. The smallest absolute Gasteiger partial charge is 0.242 e. The average Bonchev–Trinajstić information content (AvgIpc) is 2.72. The van der Waals surface area contributed by atoms with Gasteiger partial charge in [0.2, 0.25) is 15.9 Å². The lowest BCUT2D eigenvalue weighted by molar-refractivity contribution is -0.116. The zero-order valence-electron chi connectivity index (χ0n) is 15.2. The van der Waals surface area contributed by atoms with Crippen molar-refractivity contribution in [3.8, 4) is 11.5 Å². The maximum Gasteiger partial charge on any atom is 0.242 e. The number of sulfonamides is 1. The van der Waals surface area contributed by atoms with Crippen LogP contribution in [0.15, 0.2) is 82.4 Å². The Morgan fingerprint density at radius 3 is 2.28 bits per heavy atom. The minimum absolute atomic E-state index is 0.00334. The largest absolute Gasteiger partial charge is 0.457 e. The Morgan fingerprint density at radius 2 is 1.66 bits per heavy atom. The van der Waals surface area contributed by atoms with E-state index in [0.717, 1.165) is 4.47 Å². The molecule has 7 nitrogen and oxygen atoms in total. The van der Waals surface area contributed by atoms with Crippen molar-refractivity contribution in [3.05, 3.63) is 77.5 Å². The topological polar surface area (TPSA) is 97.4 Å². The van der Waals surface area contributed by atoms with Crippen LogP contribution in [0, 0.1) is 0 Å². The Bertz CT molecular complexity index is 1060. The van der Waals surface area contributed by atoms with Crippen molar-refractivity contribution < 1.29 is 17.9 Å². The monoisotopic (exact) mass is 475 g/mol. The molecular weight excluding hydrogens is 458 g/mol. The number of halogens is 1. The molecule has 9 heteroatoms. The first-order valence-electron chi connectivity index (χ1n) is 8.65. The van der Waals surface area contributed by atoms with Crippen LogP contribution < -0.4 is 14.8 Å². The zero-order valence-corrected chi connectivity index (χ0v) is 17.6. The predicted octanol–water partition coefficient (Wildman–Crippen LogP) is 3.94. The van der Waals surface area contributed by atoms with Gasteiger partial charge in [-0.25, -0.2) is 13.1 Å². The molecule has 2 aromatic carbocycles. The SMILES string of the molecule is O=C(CCNS(=O)(=O)c1cccnc1)Nc1ccc(Oc2ccc(Br)cc2)cc1. The van der Waals surface area contributed by atoms with Gasteiger partial charge in [0.15, 0.2) is 0 Å². The highest BCUT2D eigenvalue weighted by Gasteiger charge is 2.14. The third-order valence-corrected chi connectivity index (χ3v) is 5.75. The lowest BCUT2D eigenvalue weighted by atomic mass is 10.3. The third kappa shape index (κ3) is 6.38. The summed E-state index contributed by atoms with van der Waals surface area (Å²) in [6, 6.07) is 17.3. The molecule has 3 rings (SSSR count). The summed E-state index contributed by atoms with van der Waals surface area (Å²) in [5.74, 6) is 1.03. The van der Waals surface area contributed by atoms with Gasteiger partial charge in [-0.15, -0.1) is 0 Å². The van der Waals surface area contributed by atoms with Gasteiger partial charge in [0.1, 0.15) is 16.4 Å². The number of rotatable bonds is 8. The standard InChI is InChI=1S/C20H18BrN3O4S/c21-15-3-7-17(8-4-15)28-18-9-5-16(6-10-18)24-20(25)11-13-23-29(26,27)19-2-1-12-22-14-19/h1-10,12,14,23H,11,13H2,(H,24,25). The average molecular weight is 476 g/mol. The second-order valence-electron chi connectivity index (χ2n) is 5.97. The van der Waals surface area contributed by atoms with E-state index in [1.54, 1.807) is 24.3 Å². The Kier molecular flexibility index (Phi) is 6.97. The summed E-state index contributed by atoms with van der Waals surface area (Å²) in [7, 11) is -3.68. The van der Waals surface area contributed by atoms with E-state index in [4.69, 9.17) is 4.74 Å². The molecule has 2 N–H and O–H groups in total. The molecule has 0 spiro atoms. The fourth-order valence-electron chi connectivity index (χ4n) is 2.36. The van der Waals surface area contributed by atoms with Gasteiger partial charge in [0.25, 0.3) is 0 Å². The summed E-state index contributed by atoms with van der Waals surface area (Å²) in [5, 5.41) is 2.72. The number of carbonyl (C=O) groups excluding carboxylic acids is 1. The van der Waals surface area contributed by atoms with Crippen LogP contribution in [0.1, 0.15) is 6.42 Å². The Labute approximate surface area is 177 Å². The minimum atomic E-state index is -3.68. The van der Waals surface area contributed by atoms with E-state index >= 15 is 0 Å². The number of amides is 1. The predicted molar refractivity (Wildman–Crippen MR) is 113 cm³/mol. The van der Waals surface area contributed by atoms with E-state index in [1.807, 2.05) is 24.3 Å². The molecular formula is C20H18BrN3O4S. The van der Waals surface area contributed by atoms with Crippen LogP contribution in [0.5, 0.6) is 11.5 Å². The van der Waals surface area contributed by atoms with E-state index in [9.17, 15) is 13.2 Å². The molecule has 29 heavy (non-hydrogen) atoms. The first-order chi connectivity index (χ1) is 13.9. The van der Waals surface area contributed by atoms with Gasteiger partial charge in [-0.2, -0.15) is 0 Å². The highest BCUT2D eigenvalue weighted by atomic mass is 79.9. The molecule has 0 saturated heterocycles. The van der Waals surface area contributed by atoms with Crippen LogP contribution in [0.3, 0.4) is 0 Å². The normalized spacial score (nSPS) is 11.1. The molecule has 0 aliphatic carbocycles. The van der Waals surface area contributed by atoms with Crippen molar-refractivity contribution in [2.45, 2.75) is 11.3 Å². The van der Waals surface area contributed by atoms with E-state index in [1.165, 1.54) is 24.5 Å². The van der Waals surface area contributed by atoms with Gasteiger partial charge in [-0.1, -0.05) is 15.9 Å². The lowest BCUT2D eigenvalue weighted by Crippen LogP contribution is -2.27. The summed E-state index contributed by atoms with van der Waals surface area (Å²) < 4.78 is 33.2. The second-order valence-corrected chi connectivity index (χ2v) is 8.65. The molecule has 1 aromatic heterocycles. The van der Waals surface area contributed by atoms with Crippen molar-refractivity contribution in [2.75, 3.05) is 11.9 Å². The molecule has 0 atom stereocenters. The molecule has 0 saturated carbocycles. The zero-order chi connectivity index (χ0) is 20.7. The minimum Gasteiger partial charge on any atom is -0.457 e. The number of pyridine rings is 1. The first kappa shape index (κ1) is 21.0. The van der Waals surface area contributed by atoms with Gasteiger partial charge in [0, 0.05) is 35.5 Å². The molecule has 1 heterocycles. The van der Waals surface area contributed by atoms with Crippen LogP contribution in [0.25, 0.3) is 0 Å². The first-order valence-corrected chi connectivity index (χ1v) is 10.9. The summed E-state index contributed by atoms with van der Waals surface area (Å²) >= 11 is 3.37. The molecule has 0 radical (unpaired) electrons. The van der Waals surface area contributed by atoms with Crippen molar-refractivity contribution in [1.29, 1.82) is 0 Å². The molecule has 3 aromatic rings. The van der Waals surface area contributed by atoms with Gasteiger partial charge in [-0.3, -0.25) is 9.78 Å². The van der Waals surface area contributed by atoms with E-state index in [0.29, 0.717) is 17.2 Å². The number of anilines is 1. The summed E-state index contributed by atoms with van der Waals surface area (Å²) in [4.78, 5) is 15.9. The van der Waals surface area contributed by atoms with E-state index in [-0.39, 0.29) is 23.8 Å².